The van der Waals surface area contributed by atoms with Crippen molar-refractivity contribution in [3.05, 3.63) is 29.8 Å². The summed E-state index contributed by atoms with van der Waals surface area (Å²) in [5.41, 5.74) is 6.64. The molecular weight excluding hydrogens is 232 g/mol. The molecule has 1 aliphatic carbocycles. The van der Waals surface area contributed by atoms with E-state index in [2.05, 4.69) is 0 Å². The van der Waals surface area contributed by atoms with Crippen molar-refractivity contribution in [2.45, 2.75) is 30.8 Å². The number of rotatable bonds is 2. The maximum absolute atomic E-state index is 12.3. The average molecular weight is 246 g/mol. The zero-order valence-electron chi connectivity index (χ0n) is 9.80. The number of carbonyl (C=O) groups excluding carboxylic acids is 1. The van der Waals surface area contributed by atoms with Crippen LogP contribution in [0.5, 0.6) is 0 Å². The monoisotopic (exact) mass is 246 g/mol. The van der Waals surface area contributed by atoms with Crippen molar-refractivity contribution >= 4 is 17.6 Å². The van der Waals surface area contributed by atoms with Crippen LogP contribution in [0.25, 0.3) is 0 Å². The van der Waals surface area contributed by atoms with E-state index in [0.29, 0.717) is 24.9 Å². The quantitative estimate of drug-likeness (QED) is 0.796. The number of fused-ring (bicyclic) bond motifs is 1. The van der Waals surface area contributed by atoms with Crippen LogP contribution in [0.15, 0.2) is 24.3 Å². The van der Waals surface area contributed by atoms with E-state index >= 15 is 0 Å². The Balaban J connectivity index is 2.03. The molecule has 1 fully saturated rings. The molecule has 18 heavy (non-hydrogen) atoms. The highest BCUT2D eigenvalue weighted by Gasteiger charge is 2.52. The highest BCUT2D eigenvalue weighted by molar-refractivity contribution is 6.07. The Morgan fingerprint density at radius 2 is 2.00 bits per heavy atom. The predicted octanol–water partition coefficient (Wildman–Crippen LogP) is 0.520. The van der Waals surface area contributed by atoms with E-state index in [0.717, 1.165) is 5.56 Å². The van der Waals surface area contributed by atoms with Gasteiger partial charge in [0.05, 0.1) is 5.54 Å². The van der Waals surface area contributed by atoms with Gasteiger partial charge in [0.15, 0.2) is 0 Å². The molecule has 5 nitrogen and oxygen atoms in total. The number of hydrogen-bond acceptors (Lipinski definition) is 3. The minimum Gasteiger partial charge on any atom is -0.480 e. The van der Waals surface area contributed by atoms with Gasteiger partial charge in [-0.15, -0.1) is 0 Å². The van der Waals surface area contributed by atoms with Gasteiger partial charge in [-0.25, -0.2) is 4.79 Å². The van der Waals surface area contributed by atoms with Crippen molar-refractivity contribution in [3.63, 3.8) is 0 Å². The number of amides is 1. The maximum atomic E-state index is 12.3. The molecule has 1 aromatic carbocycles. The van der Waals surface area contributed by atoms with E-state index < -0.39 is 17.6 Å². The Bertz CT molecular complexity index is 537. The molecule has 1 amide bonds. The summed E-state index contributed by atoms with van der Waals surface area (Å²) in [6.07, 6.45) is 1.63. The van der Waals surface area contributed by atoms with E-state index in [-0.39, 0.29) is 5.91 Å². The van der Waals surface area contributed by atoms with Crippen LogP contribution in [0, 0.1) is 0 Å². The lowest BCUT2D eigenvalue weighted by Gasteiger charge is -2.25. The molecular formula is C13H14N2O3. The third-order valence-electron chi connectivity index (χ3n) is 3.69. The third-order valence-corrected chi connectivity index (χ3v) is 3.69. The summed E-state index contributed by atoms with van der Waals surface area (Å²) in [6, 6.07) is 6.47. The Morgan fingerprint density at radius 1 is 1.33 bits per heavy atom. The number of nitrogens with two attached hydrogens (primary N) is 1. The first-order valence-corrected chi connectivity index (χ1v) is 5.96. The second kappa shape index (κ2) is 3.55. The number of para-hydroxylation sites is 1. The van der Waals surface area contributed by atoms with E-state index in [1.807, 2.05) is 12.1 Å². The van der Waals surface area contributed by atoms with Crippen molar-refractivity contribution in [1.82, 2.24) is 0 Å². The van der Waals surface area contributed by atoms with Crippen molar-refractivity contribution in [1.29, 1.82) is 0 Å². The Morgan fingerprint density at radius 3 is 2.61 bits per heavy atom. The fourth-order valence-electron chi connectivity index (χ4n) is 2.42. The number of anilines is 1. The van der Waals surface area contributed by atoms with Gasteiger partial charge < -0.3 is 10.8 Å². The highest BCUT2D eigenvalue weighted by atomic mass is 16.4. The van der Waals surface area contributed by atoms with Crippen molar-refractivity contribution in [3.8, 4) is 0 Å². The summed E-state index contributed by atoms with van der Waals surface area (Å²) in [5, 5.41) is 9.26. The molecule has 0 spiro atoms. The smallest absolute Gasteiger partial charge is 0.327 e. The molecule has 1 heterocycles. The summed E-state index contributed by atoms with van der Waals surface area (Å²) < 4.78 is 0. The number of aliphatic carboxylic acids is 1. The Labute approximate surface area is 104 Å². The molecule has 2 aliphatic rings. The lowest BCUT2D eigenvalue weighted by atomic mass is 10.1. The molecule has 94 valence electrons. The maximum Gasteiger partial charge on any atom is 0.327 e. The number of carboxylic acid groups (broad SMARTS) is 1. The van der Waals surface area contributed by atoms with Crippen LogP contribution in [-0.4, -0.2) is 28.6 Å². The Hall–Kier alpha value is -1.88. The average Bonchev–Trinajstić information content (AvgIpc) is 2.98. The van der Waals surface area contributed by atoms with Crippen LogP contribution in [-0.2, 0) is 16.0 Å². The molecule has 0 radical (unpaired) electrons. The van der Waals surface area contributed by atoms with Crippen LogP contribution in [0.4, 0.5) is 5.69 Å². The molecule has 1 saturated carbocycles. The summed E-state index contributed by atoms with van der Waals surface area (Å²) in [7, 11) is 0. The number of hydrogen-bond donors (Lipinski definition) is 2. The van der Waals surface area contributed by atoms with Gasteiger partial charge in [-0.05, 0) is 24.5 Å². The second-order valence-electron chi connectivity index (χ2n) is 5.02. The van der Waals surface area contributed by atoms with Gasteiger partial charge in [0.1, 0.15) is 6.04 Å². The Kier molecular flexibility index (Phi) is 2.22. The highest BCUT2D eigenvalue weighted by Crippen LogP contribution is 2.40. The molecule has 3 rings (SSSR count). The predicted molar refractivity (Wildman–Crippen MR) is 65.2 cm³/mol. The summed E-state index contributed by atoms with van der Waals surface area (Å²) in [4.78, 5) is 25.0. The van der Waals surface area contributed by atoms with Crippen LogP contribution < -0.4 is 10.6 Å². The standard InChI is InChI=1S/C13H14N2O3/c14-13(5-6-13)12(18)15-9-4-2-1-3-8(9)7-10(15)11(16)17/h1-4,10H,5-7,14H2,(H,16,17). The SMILES string of the molecule is NC1(C(=O)N2c3ccccc3CC2C(=O)O)CC1. The third kappa shape index (κ3) is 1.51. The second-order valence-corrected chi connectivity index (χ2v) is 5.02. The first kappa shape index (κ1) is 11.2. The van der Waals surface area contributed by atoms with Gasteiger partial charge in [-0.3, -0.25) is 9.69 Å². The van der Waals surface area contributed by atoms with Crippen molar-refractivity contribution < 1.29 is 14.7 Å². The summed E-state index contributed by atoms with van der Waals surface area (Å²) in [5.74, 6) is -1.25. The normalized spacial score (nSPS) is 23.6. The summed E-state index contributed by atoms with van der Waals surface area (Å²) >= 11 is 0. The zero-order chi connectivity index (χ0) is 12.9. The van der Waals surface area contributed by atoms with E-state index in [1.165, 1.54) is 4.90 Å². The van der Waals surface area contributed by atoms with Crippen LogP contribution >= 0.6 is 0 Å². The van der Waals surface area contributed by atoms with Gasteiger partial charge in [0.2, 0.25) is 5.91 Å². The molecule has 3 N–H and O–H groups in total. The molecule has 1 aromatic rings. The number of nitrogens with zero attached hydrogens (tertiary/aromatic N) is 1. The van der Waals surface area contributed by atoms with Crippen LogP contribution in [0.3, 0.4) is 0 Å². The van der Waals surface area contributed by atoms with E-state index in [4.69, 9.17) is 5.73 Å². The minimum absolute atomic E-state index is 0.264. The lowest BCUT2D eigenvalue weighted by molar-refractivity contribution is -0.140. The molecule has 0 saturated heterocycles. The van der Waals surface area contributed by atoms with Crippen molar-refractivity contribution in [2.75, 3.05) is 4.90 Å². The zero-order valence-corrected chi connectivity index (χ0v) is 9.80. The number of benzene rings is 1. The molecule has 0 aromatic heterocycles. The first-order valence-electron chi connectivity index (χ1n) is 5.96. The van der Waals surface area contributed by atoms with Crippen molar-refractivity contribution in [2.24, 2.45) is 5.73 Å². The molecule has 0 bridgehead atoms. The summed E-state index contributed by atoms with van der Waals surface area (Å²) in [6.45, 7) is 0. The first-order chi connectivity index (χ1) is 8.53. The minimum atomic E-state index is -0.983. The molecule has 1 aliphatic heterocycles. The molecule has 5 heteroatoms. The van der Waals surface area contributed by atoms with E-state index in [9.17, 15) is 14.7 Å². The number of carboxylic acids is 1. The van der Waals surface area contributed by atoms with Crippen LogP contribution in [0.1, 0.15) is 18.4 Å². The van der Waals surface area contributed by atoms with E-state index in [1.54, 1.807) is 12.1 Å². The number of carbonyl (C=O) groups is 2. The fourth-order valence-corrected chi connectivity index (χ4v) is 2.42. The largest absolute Gasteiger partial charge is 0.480 e. The van der Waals surface area contributed by atoms with Gasteiger partial charge in [0.25, 0.3) is 0 Å². The molecule has 1 unspecified atom stereocenters. The molecule has 1 atom stereocenters. The lowest BCUT2D eigenvalue weighted by Crippen LogP contribution is -2.51. The van der Waals surface area contributed by atoms with Gasteiger partial charge in [0, 0.05) is 12.1 Å². The fraction of sp³-hybridized carbons (Fsp3) is 0.385. The topological polar surface area (TPSA) is 83.6 Å². The van der Waals surface area contributed by atoms with Gasteiger partial charge in [-0.1, -0.05) is 18.2 Å². The van der Waals surface area contributed by atoms with Crippen LogP contribution in [0.2, 0.25) is 0 Å². The van der Waals surface area contributed by atoms with Gasteiger partial charge >= 0.3 is 5.97 Å². The van der Waals surface area contributed by atoms with Gasteiger partial charge in [-0.2, -0.15) is 0 Å².